The van der Waals surface area contributed by atoms with E-state index < -0.39 is 17.9 Å². The summed E-state index contributed by atoms with van der Waals surface area (Å²) in [5, 5.41) is 7.30. The second-order valence-corrected chi connectivity index (χ2v) is 8.27. The molecule has 1 aromatic heterocycles. The summed E-state index contributed by atoms with van der Waals surface area (Å²) in [5.74, 6) is 0.269. The molecule has 7 nitrogen and oxygen atoms in total. The van der Waals surface area contributed by atoms with Crippen LogP contribution in [0.5, 0.6) is 0 Å². The molecular weight excluding hydrogens is 427 g/mol. The molecule has 2 heterocycles. The lowest BCUT2D eigenvalue weighted by molar-refractivity contribution is -0.123. The number of hydrogen-bond acceptors (Lipinski definition) is 5. The predicted molar refractivity (Wildman–Crippen MR) is 118 cm³/mol. The van der Waals surface area contributed by atoms with Crippen molar-refractivity contribution in [3.63, 3.8) is 0 Å². The lowest BCUT2D eigenvalue weighted by Gasteiger charge is -2.20. The Balaban J connectivity index is 1.60. The normalized spacial score (nSPS) is 15.0. The Kier molecular flexibility index (Phi) is 7.39. The number of furan rings is 1. The van der Waals surface area contributed by atoms with Crippen LogP contribution in [0.25, 0.3) is 0 Å². The fourth-order valence-electron chi connectivity index (χ4n) is 3.18. The third kappa shape index (κ3) is 5.55. The molecule has 0 bridgehead atoms. The van der Waals surface area contributed by atoms with Gasteiger partial charge in [-0.05, 0) is 43.0 Å². The van der Waals surface area contributed by atoms with Crippen LogP contribution in [-0.2, 0) is 4.79 Å². The molecule has 1 unspecified atom stereocenters. The standard InChI is InChI=1S/C21H24Cl2N4O3/c1-13(2)19(25-20(28)16-7-5-14(22)11-17(16)23)21(29)26-24-12-15-6-8-18(30-15)27-9-3-4-10-27/h5-8,11-13,19H,3-4,9-10H2,1-2H3,(H,25,28)(H,26,29)/b24-12-. The Morgan fingerprint density at radius 3 is 2.57 bits per heavy atom. The predicted octanol–water partition coefficient (Wildman–Crippen LogP) is 4.09. The minimum atomic E-state index is -0.793. The van der Waals surface area contributed by atoms with Crippen molar-refractivity contribution in [1.82, 2.24) is 10.7 Å². The van der Waals surface area contributed by atoms with E-state index in [1.807, 2.05) is 19.9 Å². The van der Waals surface area contributed by atoms with Crippen molar-refractivity contribution in [2.75, 3.05) is 18.0 Å². The van der Waals surface area contributed by atoms with Crippen molar-refractivity contribution in [1.29, 1.82) is 0 Å². The largest absolute Gasteiger partial charge is 0.440 e. The van der Waals surface area contributed by atoms with E-state index in [1.165, 1.54) is 18.3 Å². The maximum absolute atomic E-state index is 12.6. The Morgan fingerprint density at radius 1 is 1.17 bits per heavy atom. The van der Waals surface area contributed by atoms with Crippen molar-refractivity contribution in [2.24, 2.45) is 11.0 Å². The summed E-state index contributed by atoms with van der Waals surface area (Å²) >= 11 is 12.0. The smallest absolute Gasteiger partial charge is 0.262 e. The number of anilines is 1. The summed E-state index contributed by atoms with van der Waals surface area (Å²) in [6.45, 7) is 5.61. The lowest BCUT2D eigenvalue weighted by atomic mass is 10.0. The van der Waals surface area contributed by atoms with Gasteiger partial charge < -0.3 is 14.6 Å². The number of halogens is 2. The van der Waals surface area contributed by atoms with Gasteiger partial charge in [0.1, 0.15) is 11.8 Å². The molecule has 1 atom stereocenters. The van der Waals surface area contributed by atoms with Crippen LogP contribution in [0.4, 0.5) is 5.88 Å². The van der Waals surface area contributed by atoms with Crippen LogP contribution in [0, 0.1) is 5.92 Å². The summed E-state index contributed by atoms with van der Waals surface area (Å²) in [6, 6.07) is 7.46. The SMILES string of the molecule is CC(C)C(NC(=O)c1ccc(Cl)cc1Cl)C(=O)N/N=C\c1ccc(N2CCCC2)o1. The first-order chi connectivity index (χ1) is 14.3. The van der Waals surface area contributed by atoms with Crippen LogP contribution in [0.1, 0.15) is 42.8 Å². The molecule has 3 rings (SSSR count). The molecule has 2 aromatic rings. The van der Waals surface area contributed by atoms with E-state index in [0.717, 1.165) is 31.8 Å². The minimum absolute atomic E-state index is 0.166. The van der Waals surface area contributed by atoms with Crippen molar-refractivity contribution >= 4 is 47.1 Å². The average molecular weight is 451 g/mol. The Hall–Kier alpha value is -2.51. The summed E-state index contributed by atoms with van der Waals surface area (Å²) in [7, 11) is 0. The second-order valence-electron chi connectivity index (χ2n) is 7.42. The zero-order chi connectivity index (χ0) is 21.7. The first-order valence-corrected chi connectivity index (χ1v) is 10.5. The van der Waals surface area contributed by atoms with E-state index in [-0.39, 0.29) is 16.5 Å². The number of hydrazone groups is 1. The van der Waals surface area contributed by atoms with Crippen LogP contribution in [0.3, 0.4) is 0 Å². The first kappa shape index (κ1) is 22.2. The molecule has 9 heteroatoms. The summed E-state index contributed by atoms with van der Waals surface area (Å²) < 4.78 is 5.73. The van der Waals surface area contributed by atoms with E-state index in [2.05, 4.69) is 20.7 Å². The number of amides is 2. The number of nitrogens with zero attached hydrogens (tertiary/aromatic N) is 2. The van der Waals surface area contributed by atoms with Gasteiger partial charge in [0.2, 0.25) is 0 Å². The monoisotopic (exact) mass is 450 g/mol. The zero-order valence-corrected chi connectivity index (χ0v) is 18.3. The number of nitrogens with one attached hydrogen (secondary N) is 2. The topological polar surface area (TPSA) is 86.9 Å². The van der Waals surface area contributed by atoms with Crippen LogP contribution in [0.2, 0.25) is 10.0 Å². The molecule has 160 valence electrons. The third-order valence-corrected chi connectivity index (χ3v) is 5.36. The molecule has 2 amide bonds. The van der Waals surface area contributed by atoms with Gasteiger partial charge in [-0.1, -0.05) is 37.0 Å². The van der Waals surface area contributed by atoms with Gasteiger partial charge >= 0.3 is 0 Å². The highest BCUT2D eigenvalue weighted by Gasteiger charge is 2.25. The third-order valence-electron chi connectivity index (χ3n) is 4.81. The van der Waals surface area contributed by atoms with Gasteiger partial charge in [0.25, 0.3) is 11.8 Å². The Bertz CT molecular complexity index is 936. The maximum Gasteiger partial charge on any atom is 0.262 e. The molecule has 1 fully saturated rings. The molecule has 0 saturated carbocycles. The van der Waals surface area contributed by atoms with Crippen molar-refractivity contribution in [2.45, 2.75) is 32.7 Å². The summed E-state index contributed by atoms with van der Waals surface area (Å²) in [5.41, 5.74) is 2.70. The van der Waals surface area contributed by atoms with Crippen LogP contribution >= 0.6 is 23.2 Å². The molecule has 1 aliphatic rings. The highest BCUT2D eigenvalue weighted by atomic mass is 35.5. The van der Waals surface area contributed by atoms with E-state index in [4.69, 9.17) is 27.6 Å². The van der Waals surface area contributed by atoms with Gasteiger partial charge in [0.15, 0.2) is 5.88 Å². The van der Waals surface area contributed by atoms with Gasteiger partial charge in [0, 0.05) is 24.2 Å². The van der Waals surface area contributed by atoms with Gasteiger partial charge in [-0.3, -0.25) is 9.59 Å². The van der Waals surface area contributed by atoms with Crippen molar-refractivity contribution in [3.8, 4) is 0 Å². The second kappa shape index (κ2) is 10.00. The first-order valence-electron chi connectivity index (χ1n) is 9.79. The lowest BCUT2D eigenvalue weighted by Crippen LogP contribution is -2.48. The molecule has 30 heavy (non-hydrogen) atoms. The van der Waals surface area contributed by atoms with Crippen LogP contribution < -0.4 is 15.6 Å². The van der Waals surface area contributed by atoms with E-state index in [9.17, 15) is 9.59 Å². The molecule has 1 aliphatic heterocycles. The molecule has 0 aliphatic carbocycles. The number of hydrogen-bond donors (Lipinski definition) is 2. The number of carbonyl (C=O) groups is 2. The number of carbonyl (C=O) groups excluding carboxylic acids is 2. The van der Waals surface area contributed by atoms with E-state index in [1.54, 1.807) is 12.1 Å². The molecule has 0 radical (unpaired) electrons. The fourth-order valence-corrected chi connectivity index (χ4v) is 3.67. The zero-order valence-electron chi connectivity index (χ0n) is 16.8. The maximum atomic E-state index is 12.6. The van der Waals surface area contributed by atoms with Crippen molar-refractivity contribution in [3.05, 3.63) is 51.7 Å². The van der Waals surface area contributed by atoms with E-state index >= 15 is 0 Å². The fraction of sp³-hybridized carbons (Fsp3) is 0.381. The Morgan fingerprint density at radius 2 is 1.90 bits per heavy atom. The number of rotatable bonds is 7. The highest BCUT2D eigenvalue weighted by Crippen LogP contribution is 2.22. The summed E-state index contributed by atoms with van der Waals surface area (Å²) in [4.78, 5) is 27.3. The van der Waals surface area contributed by atoms with Crippen LogP contribution in [-0.4, -0.2) is 37.2 Å². The highest BCUT2D eigenvalue weighted by molar-refractivity contribution is 6.36. The number of benzene rings is 1. The Labute approximate surface area is 185 Å². The van der Waals surface area contributed by atoms with Crippen molar-refractivity contribution < 1.29 is 14.0 Å². The molecule has 2 N–H and O–H groups in total. The van der Waals surface area contributed by atoms with Gasteiger partial charge in [-0.25, -0.2) is 5.43 Å². The molecular formula is C21H24Cl2N4O3. The molecule has 1 saturated heterocycles. The van der Waals surface area contributed by atoms with Crippen LogP contribution in [0.15, 0.2) is 39.9 Å². The minimum Gasteiger partial charge on any atom is -0.440 e. The van der Waals surface area contributed by atoms with E-state index in [0.29, 0.717) is 10.8 Å². The van der Waals surface area contributed by atoms with Gasteiger partial charge in [-0.2, -0.15) is 5.10 Å². The quantitative estimate of drug-likeness (QED) is 0.491. The summed E-state index contributed by atoms with van der Waals surface area (Å²) in [6.07, 6.45) is 3.75. The molecule has 0 spiro atoms. The van der Waals surface area contributed by atoms with Gasteiger partial charge in [-0.15, -0.1) is 0 Å². The van der Waals surface area contributed by atoms with Gasteiger partial charge in [0.05, 0.1) is 16.8 Å². The average Bonchev–Trinajstić information content (AvgIpc) is 3.37. The molecule has 1 aromatic carbocycles.